The van der Waals surface area contributed by atoms with Crippen LogP contribution < -0.4 is 0 Å². The van der Waals surface area contributed by atoms with Gasteiger partial charge in [0.1, 0.15) is 11.2 Å². The van der Waals surface area contributed by atoms with Crippen molar-refractivity contribution in [3.05, 3.63) is 35.7 Å². The molecule has 0 bridgehead atoms. The molecule has 0 saturated carbocycles. The van der Waals surface area contributed by atoms with Crippen molar-refractivity contribution in [1.29, 1.82) is 0 Å². The van der Waals surface area contributed by atoms with Crippen molar-refractivity contribution in [3.63, 3.8) is 0 Å². The van der Waals surface area contributed by atoms with Gasteiger partial charge in [0.2, 0.25) is 0 Å². The first-order chi connectivity index (χ1) is 14.7. The lowest BCUT2D eigenvalue weighted by molar-refractivity contribution is -0.138. The number of nitrogens with zero attached hydrogens (tertiary/aromatic N) is 5. The van der Waals surface area contributed by atoms with E-state index in [9.17, 15) is 35.3 Å². The lowest BCUT2D eigenvalue weighted by Gasteiger charge is -2.15. The van der Waals surface area contributed by atoms with Gasteiger partial charge in [-0.1, -0.05) is 6.92 Å². The Hall–Kier alpha value is -3.03. The number of imidazole rings is 1. The number of hydrogen-bond acceptors (Lipinski definition) is 5. The largest absolute Gasteiger partial charge is 0.417 e. The normalized spacial score (nSPS) is 14.4. The molecule has 0 N–H and O–H groups in total. The van der Waals surface area contributed by atoms with E-state index in [4.69, 9.17) is 0 Å². The quantitative estimate of drug-likeness (QED) is 0.518. The molecule has 3 heterocycles. The maximum absolute atomic E-state index is 13.4. The Balaban J connectivity index is 2.37. The van der Waals surface area contributed by atoms with E-state index >= 15 is 0 Å². The molecule has 1 atom stereocenters. The zero-order valence-electron chi connectivity index (χ0n) is 16.7. The Morgan fingerprint density at radius 1 is 1.06 bits per heavy atom. The summed E-state index contributed by atoms with van der Waals surface area (Å²) in [6.07, 6.45) is -8.45. The molecule has 0 aliphatic carbocycles. The van der Waals surface area contributed by atoms with Gasteiger partial charge in [-0.2, -0.15) is 30.7 Å². The molecule has 0 saturated heterocycles. The highest BCUT2D eigenvalue weighted by Crippen LogP contribution is 2.36. The van der Waals surface area contributed by atoms with Crippen LogP contribution in [0.1, 0.15) is 25.0 Å². The first kappa shape index (κ1) is 23.6. The van der Waals surface area contributed by atoms with Crippen LogP contribution in [0.3, 0.4) is 0 Å². The molecule has 3 aromatic heterocycles. The SMILES string of the molecule is CCS(=O)(=NC(C)=O)c1cc(C(F)(F)F)cnc1-c1nc2cc(C(F)(F)F)cnc2n1C. The summed E-state index contributed by atoms with van der Waals surface area (Å²) in [6, 6.07) is 1.29. The fourth-order valence-electron chi connectivity index (χ4n) is 2.93. The van der Waals surface area contributed by atoms with Crippen LogP contribution in [0, 0.1) is 0 Å². The number of hydrogen-bond donors (Lipinski definition) is 0. The van der Waals surface area contributed by atoms with Crippen molar-refractivity contribution >= 4 is 26.8 Å². The van der Waals surface area contributed by atoms with Crippen LogP contribution in [0.2, 0.25) is 0 Å². The topological polar surface area (TPSA) is 90.1 Å². The summed E-state index contributed by atoms with van der Waals surface area (Å²) in [5.41, 5.74) is -2.82. The maximum atomic E-state index is 13.4. The van der Waals surface area contributed by atoms with E-state index in [0.29, 0.717) is 18.5 Å². The molecule has 0 radical (unpaired) electrons. The molecule has 172 valence electrons. The fraction of sp³-hybridized carbons (Fsp3) is 0.333. The van der Waals surface area contributed by atoms with E-state index in [0.717, 1.165) is 13.0 Å². The zero-order chi connectivity index (χ0) is 24.1. The molecular weight excluding hydrogens is 464 g/mol. The average molecular weight is 479 g/mol. The standard InChI is InChI=1S/C18H15F6N5O2S/c1-4-32(31,28-9(2)30)13-6-11(18(22,23)24)7-25-14(13)16-27-12-5-10(17(19,20)21)8-26-15(12)29(16)3/h5-8H,4H2,1-3H3. The highest BCUT2D eigenvalue weighted by molar-refractivity contribution is 7.94. The zero-order valence-corrected chi connectivity index (χ0v) is 17.6. The molecule has 7 nitrogen and oxygen atoms in total. The van der Waals surface area contributed by atoms with Crippen LogP contribution >= 0.6 is 0 Å². The number of aromatic nitrogens is 4. The van der Waals surface area contributed by atoms with E-state index in [1.165, 1.54) is 18.5 Å². The molecule has 1 unspecified atom stereocenters. The van der Waals surface area contributed by atoms with Gasteiger partial charge in [-0.25, -0.2) is 14.2 Å². The summed E-state index contributed by atoms with van der Waals surface area (Å²) in [7, 11) is -2.33. The van der Waals surface area contributed by atoms with Gasteiger partial charge in [0.15, 0.2) is 11.5 Å². The third-order valence-corrected chi connectivity index (χ3v) is 6.77. The molecule has 0 aromatic carbocycles. The predicted molar refractivity (Wildman–Crippen MR) is 102 cm³/mol. The Morgan fingerprint density at radius 3 is 2.16 bits per heavy atom. The minimum atomic E-state index is -4.83. The molecule has 3 aromatic rings. The Kier molecular flexibility index (Phi) is 5.78. The fourth-order valence-corrected chi connectivity index (χ4v) is 4.64. The number of carbonyl (C=O) groups is 1. The van der Waals surface area contributed by atoms with Crippen LogP contribution in [0.4, 0.5) is 26.3 Å². The smallest absolute Gasteiger partial charge is 0.310 e. The van der Waals surface area contributed by atoms with Crippen molar-refractivity contribution < 1.29 is 35.3 Å². The number of carbonyl (C=O) groups excluding carboxylic acids is 1. The summed E-state index contributed by atoms with van der Waals surface area (Å²) in [6.45, 7) is 2.36. The van der Waals surface area contributed by atoms with Gasteiger partial charge in [-0.05, 0) is 12.1 Å². The van der Waals surface area contributed by atoms with Crippen LogP contribution in [0.25, 0.3) is 22.7 Å². The van der Waals surface area contributed by atoms with E-state index in [1.807, 2.05) is 0 Å². The van der Waals surface area contributed by atoms with Gasteiger partial charge in [0.25, 0.3) is 5.91 Å². The predicted octanol–water partition coefficient (Wildman–Crippen LogP) is 4.46. The Morgan fingerprint density at radius 2 is 1.62 bits per heavy atom. The average Bonchev–Trinajstić information content (AvgIpc) is 3.01. The summed E-state index contributed by atoms with van der Waals surface area (Å²) >= 11 is 0. The molecule has 0 spiro atoms. The lowest BCUT2D eigenvalue weighted by atomic mass is 10.2. The Labute approximate surface area is 177 Å². The number of alkyl halides is 6. The number of aryl methyl sites for hydroxylation is 1. The molecule has 0 fully saturated rings. The maximum Gasteiger partial charge on any atom is 0.417 e. The highest BCUT2D eigenvalue weighted by Gasteiger charge is 2.35. The van der Waals surface area contributed by atoms with Gasteiger partial charge in [-0.3, -0.25) is 9.78 Å². The summed E-state index contributed by atoms with van der Waals surface area (Å²) in [5.74, 6) is -1.37. The molecular formula is C18H15F6N5O2S. The van der Waals surface area contributed by atoms with Crippen LogP contribution in [0.15, 0.2) is 33.8 Å². The third-order valence-electron chi connectivity index (χ3n) is 4.44. The summed E-state index contributed by atoms with van der Waals surface area (Å²) in [5, 5.41) is 0. The summed E-state index contributed by atoms with van der Waals surface area (Å²) in [4.78, 5) is 22.6. The monoisotopic (exact) mass is 479 g/mol. The Bertz CT molecular complexity index is 1340. The lowest BCUT2D eigenvalue weighted by Crippen LogP contribution is -2.14. The van der Waals surface area contributed by atoms with Crippen molar-refractivity contribution in [2.75, 3.05) is 5.75 Å². The first-order valence-electron chi connectivity index (χ1n) is 8.90. The highest BCUT2D eigenvalue weighted by atomic mass is 32.2. The van der Waals surface area contributed by atoms with Crippen LogP contribution in [-0.4, -0.2) is 35.4 Å². The number of halogens is 6. The second-order valence-corrected chi connectivity index (χ2v) is 9.15. The molecule has 0 aliphatic rings. The second kappa shape index (κ2) is 7.83. The van der Waals surface area contributed by atoms with Crippen LogP contribution in [0.5, 0.6) is 0 Å². The van der Waals surface area contributed by atoms with E-state index < -0.39 is 44.0 Å². The minimum absolute atomic E-state index is 0.00727. The number of rotatable bonds is 3. The molecule has 14 heteroatoms. The van der Waals surface area contributed by atoms with Crippen molar-refractivity contribution in [1.82, 2.24) is 19.5 Å². The molecule has 0 aliphatic heterocycles. The van der Waals surface area contributed by atoms with E-state index in [2.05, 4.69) is 19.3 Å². The first-order valence-corrected chi connectivity index (χ1v) is 10.6. The molecule has 1 amide bonds. The van der Waals surface area contributed by atoms with Crippen molar-refractivity contribution in [3.8, 4) is 11.5 Å². The van der Waals surface area contributed by atoms with Gasteiger partial charge >= 0.3 is 12.4 Å². The molecule has 32 heavy (non-hydrogen) atoms. The van der Waals surface area contributed by atoms with Crippen molar-refractivity contribution in [2.45, 2.75) is 31.1 Å². The second-order valence-electron chi connectivity index (χ2n) is 6.67. The van der Waals surface area contributed by atoms with E-state index in [-0.39, 0.29) is 28.4 Å². The summed E-state index contributed by atoms with van der Waals surface area (Å²) < 4.78 is 97.0. The van der Waals surface area contributed by atoms with Crippen molar-refractivity contribution in [2.24, 2.45) is 11.4 Å². The molecule has 3 rings (SSSR count). The van der Waals surface area contributed by atoms with Gasteiger partial charge in [0.05, 0.1) is 25.8 Å². The minimum Gasteiger partial charge on any atom is -0.310 e. The third kappa shape index (κ3) is 4.31. The van der Waals surface area contributed by atoms with Gasteiger partial charge in [-0.15, -0.1) is 0 Å². The number of fused-ring (bicyclic) bond motifs is 1. The van der Waals surface area contributed by atoms with E-state index in [1.54, 1.807) is 0 Å². The van der Waals surface area contributed by atoms with Gasteiger partial charge < -0.3 is 4.57 Å². The van der Waals surface area contributed by atoms with Crippen LogP contribution in [-0.2, 0) is 33.9 Å². The number of pyridine rings is 2. The number of amides is 1. The van der Waals surface area contributed by atoms with Gasteiger partial charge in [0, 0.05) is 32.1 Å².